The first-order valence-corrected chi connectivity index (χ1v) is 8.26. The van der Waals surface area contributed by atoms with E-state index in [4.69, 9.17) is 16.3 Å². The fourth-order valence-corrected chi connectivity index (χ4v) is 2.78. The molecule has 0 aliphatic heterocycles. The van der Waals surface area contributed by atoms with Gasteiger partial charge in [0.2, 0.25) is 5.91 Å². The summed E-state index contributed by atoms with van der Waals surface area (Å²) >= 11 is 6.02. The van der Waals surface area contributed by atoms with Gasteiger partial charge in [-0.2, -0.15) is 0 Å². The van der Waals surface area contributed by atoms with Crippen molar-refractivity contribution in [2.45, 2.75) is 13.1 Å². The monoisotopic (exact) mass is 372 g/mol. The van der Waals surface area contributed by atoms with Gasteiger partial charge in [0.1, 0.15) is 17.8 Å². The van der Waals surface area contributed by atoms with Crippen LogP contribution < -0.4 is 10.3 Å². The molecule has 0 aliphatic carbocycles. The summed E-state index contributed by atoms with van der Waals surface area (Å²) in [6, 6.07) is 12.1. The minimum absolute atomic E-state index is 0.198. The molecule has 7 nitrogen and oxygen atoms in total. The Bertz CT molecular complexity index is 1020. The minimum Gasteiger partial charge on any atom is -0.496 e. The lowest BCUT2D eigenvalue weighted by atomic mass is 10.2. The number of hydrogen-bond acceptors (Lipinski definition) is 5. The number of carbonyl (C=O) groups is 1. The number of fused-ring (bicyclic) bond motifs is 1. The van der Waals surface area contributed by atoms with Crippen LogP contribution in [0.15, 0.2) is 47.3 Å². The molecule has 3 aromatic rings. The summed E-state index contributed by atoms with van der Waals surface area (Å²) in [5, 5.41) is 8.81. The van der Waals surface area contributed by atoms with E-state index < -0.39 is 0 Å². The summed E-state index contributed by atoms with van der Waals surface area (Å²) in [5.41, 5.74) is 0.920. The first kappa shape index (κ1) is 17.9. The van der Waals surface area contributed by atoms with Gasteiger partial charge < -0.3 is 9.64 Å². The van der Waals surface area contributed by atoms with E-state index in [0.29, 0.717) is 28.2 Å². The molecule has 3 rings (SSSR count). The molecule has 0 saturated heterocycles. The van der Waals surface area contributed by atoms with Crippen LogP contribution >= 0.6 is 11.6 Å². The van der Waals surface area contributed by atoms with E-state index in [1.165, 1.54) is 4.90 Å². The van der Waals surface area contributed by atoms with Crippen LogP contribution in [-0.4, -0.2) is 40.0 Å². The van der Waals surface area contributed by atoms with Crippen molar-refractivity contribution in [3.05, 3.63) is 63.4 Å². The van der Waals surface area contributed by atoms with Crippen molar-refractivity contribution >= 4 is 28.4 Å². The molecule has 0 N–H and O–H groups in total. The van der Waals surface area contributed by atoms with Crippen molar-refractivity contribution in [3.63, 3.8) is 0 Å². The van der Waals surface area contributed by atoms with E-state index in [1.54, 1.807) is 56.6 Å². The third-order valence-corrected chi connectivity index (χ3v) is 4.23. The Labute approximate surface area is 154 Å². The fraction of sp³-hybridized carbons (Fsp3) is 0.222. The molecule has 0 spiro atoms. The number of ether oxygens (including phenoxy) is 1. The Morgan fingerprint density at radius 3 is 2.81 bits per heavy atom. The minimum atomic E-state index is -0.349. The van der Waals surface area contributed by atoms with Gasteiger partial charge >= 0.3 is 0 Å². The van der Waals surface area contributed by atoms with Crippen LogP contribution in [0.1, 0.15) is 5.56 Å². The molecule has 0 unspecified atom stereocenters. The maximum atomic E-state index is 12.5. The Morgan fingerprint density at radius 1 is 1.27 bits per heavy atom. The van der Waals surface area contributed by atoms with Crippen molar-refractivity contribution < 1.29 is 9.53 Å². The number of aromatic nitrogens is 3. The van der Waals surface area contributed by atoms with E-state index in [9.17, 15) is 9.59 Å². The van der Waals surface area contributed by atoms with Crippen LogP contribution in [0.3, 0.4) is 0 Å². The third-order valence-electron chi connectivity index (χ3n) is 3.99. The summed E-state index contributed by atoms with van der Waals surface area (Å²) in [6.45, 7) is 0.0916. The fourth-order valence-electron chi connectivity index (χ4n) is 2.59. The molecule has 8 heteroatoms. The molecule has 1 aromatic heterocycles. The standard InChI is InChI=1S/C18H17ClN4O3/c1-22(10-12-9-13(19)7-8-16(12)26-2)17(24)11-23-18(25)14-5-3-4-6-15(14)20-21-23/h3-9H,10-11H2,1-2H3. The lowest BCUT2D eigenvalue weighted by molar-refractivity contribution is -0.131. The molecular formula is C18H17ClN4O3. The molecule has 2 aromatic carbocycles. The predicted molar refractivity (Wildman–Crippen MR) is 98.3 cm³/mol. The smallest absolute Gasteiger partial charge is 0.278 e. The van der Waals surface area contributed by atoms with Crippen LogP contribution in [-0.2, 0) is 17.9 Å². The number of rotatable bonds is 5. The molecular weight excluding hydrogens is 356 g/mol. The molecule has 0 bridgehead atoms. The Kier molecular flexibility index (Phi) is 5.18. The zero-order chi connectivity index (χ0) is 18.7. The van der Waals surface area contributed by atoms with E-state index in [0.717, 1.165) is 10.2 Å². The second kappa shape index (κ2) is 7.53. The average Bonchev–Trinajstić information content (AvgIpc) is 2.64. The topological polar surface area (TPSA) is 77.3 Å². The maximum absolute atomic E-state index is 12.5. The highest BCUT2D eigenvalue weighted by Gasteiger charge is 2.15. The van der Waals surface area contributed by atoms with E-state index >= 15 is 0 Å². The van der Waals surface area contributed by atoms with Gasteiger partial charge in [0, 0.05) is 24.2 Å². The van der Waals surface area contributed by atoms with Crippen molar-refractivity contribution in [3.8, 4) is 5.75 Å². The Morgan fingerprint density at radius 2 is 2.04 bits per heavy atom. The van der Waals surface area contributed by atoms with Crippen molar-refractivity contribution in [2.24, 2.45) is 0 Å². The van der Waals surface area contributed by atoms with Gasteiger partial charge in [-0.3, -0.25) is 9.59 Å². The Balaban J connectivity index is 1.79. The van der Waals surface area contributed by atoms with Crippen LogP contribution in [0.25, 0.3) is 10.9 Å². The number of carbonyl (C=O) groups excluding carboxylic acids is 1. The number of methoxy groups -OCH3 is 1. The molecule has 0 atom stereocenters. The van der Waals surface area contributed by atoms with Gasteiger partial charge in [-0.25, -0.2) is 4.68 Å². The van der Waals surface area contributed by atoms with Gasteiger partial charge in [0.15, 0.2) is 0 Å². The third kappa shape index (κ3) is 3.67. The second-order valence-electron chi connectivity index (χ2n) is 5.78. The number of halogens is 1. The summed E-state index contributed by atoms with van der Waals surface area (Å²) in [5.74, 6) is 0.357. The first-order chi connectivity index (χ1) is 12.5. The highest BCUT2D eigenvalue weighted by molar-refractivity contribution is 6.30. The lowest BCUT2D eigenvalue weighted by Crippen LogP contribution is -2.35. The predicted octanol–water partition coefficient (Wildman–Crippen LogP) is 2.11. The maximum Gasteiger partial charge on any atom is 0.278 e. The van der Waals surface area contributed by atoms with E-state index in [-0.39, 0.29) is 18.0 Å². The van der Waals surface area contributed by atoms with Crippen molar-refractivity contribution in [1.29, 1.82) is 0 Å². The Hall–Kier alpha value is -2.93. The van der Waals surface area contributed by atoms with Crippen molar-refractivity contribution in [2.75, 3.05) is 14.2 Å². The number of amides is 1. The largest absolute Gasteiger partial charge is 0.496 e. The molecule has 26 heavy (non-hydrogen) atoms. The molecule has 0 radical (unpaired) electrons. The number of hydrogen-bond donors (Lipinski definition) is 0. The quantitative estimate of drug-likeness (QED) is 0.685. The normalized spacial score (nSPS) is 10.7. The van der Waals surface area contributed by atoms with Crippen molar-refractivity contribution in [1.82, 2.24) is 19.9 Å². The van der Waals surface area contributed by atoms with Gasteiger partial charge in [-0.15, -0.1) is 5.10 Å². The highest BCUT2D eigenvalue weighted by Crippen LogP contribution is 2.23. The molecule has 0 fully saturated rings. The molecule has 0 aliphatic rings. The highest BCUT2D eigenvalue weighted by atomic mass is 35.5. The van der Waals surface area contributed by atoms with Crippen LogP contribution in [0.2, 0.25) is 5.02 Å². The van der Waals surface area contributed by atoms with E-state index in [1.807, 2.05) is 0 Å². The molecule has 1 amide bonds. The summed E-state index contributed by atoms with van der Waals surface area (Å²) in [6.07, 6.45) is 0. The van der Waals surface area contributed by atoms with Gasteiger partial charge in [-0.1, -0.05) is 28.9 Å². The van der Waals surface area contributed by atoms with Gasteiger partial charge in [0.25, 0.3) is 5.56 Å². The average molecular weight is 373 g/mol. The number of likely N-dealkylation sites (N-methyl/N-ethyl adjacent to an activating group) is 1. The molecule has 1 heterocycles. The summed E-state index contributed by atoms with van der Waals surface area (Å²) < 4.78 is 6.36. The van der Waals surface area contributed by atoms with Gasteiger partial charge in [-0.05, 0) is 30.3 Å². The number of nitrogens with zero attached hydrogens (tertiary/aromatic N) is 4. The first-order valence-electron chi connectivity index (χ1n) is 7.88. The van der Waals surface area contributed by atoms with Gasteiger partial charge in [0.05, 0.1) is 12.5 Å². The second-order valence-corrected chi connectivity index (χ2v) is 6.21. The molecule has 134 valence electrons. The zero-order valence-corrected chi connectivity index (χ0v) is 15.1. The SMILES string of the molecule is COc1ccc(Cl)cc1CN(C)C(=O)Cn1nnc2ccccc2c1=O. The molecule has 0 saturated carbocycles. The van der Waals surface area contributed by atoms with Crippen LogP contribution in [0.5, 0.6) is 5.75 Å². The summed E-state index contributed by atoms with van der Waals surface area (Å²) in [7, 11) is 3.20. The number of benzene rings is 2. The lowest BCUT2D eigenvalue weighted by Gasteiger charge is -2.19. The van der Waals surface area contributed by atoms with Crippen LogP contribution in [0.4, 0.5) is 0 Å². The van der Waals surface area contributed by atoms with Crippen LogP contribution in [0, 0.1) is 0 Å². The zero-order valence-electron chi connectivity index (χ0n) is 14.3. The van der Waals surface area contributed by atoms with E-state index in [2.05, 4.69) is 10.3 Å². The summed E-state index contributed by atoms with van der Waals surface area (Å²) in [4.78, 5) is 26.4.